The molecule has 3 N–H and O–H groups in total. The molecule has 0 radical (unpaired) electrons. The van der Waals surface area contributed by atoms with E-state index in [1.54, 1.807) is 12.1 Å². The minimum absolute atomic E-state index is 0.127. The lowest BCUT2D eigenvalue weighted by molar-refractivity contribution is -0.384. The molecule has 0 spiro atoms. The number of nitro benzene ring substituents is 1. The number of nitrogens with one attached hydrogen (secondary N) is 1. The number of fused-ring (bicyclic) bond motifs is 1. The van der Waals surface area contributed by atoms with Gasteiger partial charge in [-0.25, -0.2) is 0 Å². The van der Waals surface area contributed by atoms with Crippen LogP contribution in [0.25, 0.3) is 10.8 Å². The van der Waals surface area contributed by atoms with Gasteiger partial charge in [0.05, 0.1) is 4.92 Å². The van der Waals surface area contributed by atoms with Crippen LogP contribution in [-0.2, 0) is 10.1 Å². The Hall–Kier alpha value is -3.50. The van der Waals surface area contributed by atoms with E-state index in [9.17, 15) is 33.0 Å². The lowest BCUT2D eigenvalue weighted by atomic mass is 10.1. The third kappa shape index (κ3) is 3.57. The molecular weight excluding hydrogens is 376 g/mol. The van der Waals surface area contributed by atoms with Gasteiger partial charge in [0.25, 0.3) is 21.7 Å². The van der Waals surface area contributed by atoms with E-state index in [0.717, 1.165) is 12.1 Å². The van der Waals surface area contributed by atoms with Gasteiger partial charge in [-0.15, -0.1) is 0 Å². The lowest BCUT2D eigenvalue weighted by Crippen LogP contribution is -2.15. The SMILES string of the molecule is O=C(Nc1c(S(=O)(=O)O)cc2ccccc2c1O)c1cccc([N+](=O)[O-])c1. The average Bonchev–Trinajstić information content (AvgIpc) is 2.63. The van der Waals surface area contributed by atoms with Crippen LogP contribution in [0.15, 0.2) is 59.5 Å². The number of carbonyl (C=O) groups is 1. The highest BCUT2D eigenvalue weighted by atomic mass is 32.2. The van der Waals surface area contributed by atoms with Crippen molar-refractivity contribution in [3.05, 3.63) is 70.3 Å². The molecule has 0 bridgehead atoms. The van der Waals surface area contributed by atoms with E-state index < -0.39 is 37.3 Å². The summed E-state index contributed by atoms with van der Waals surface area (Å²) in [5.74, 6) is -1.45. The molecule has 3 aromatic carbocycles. The Bertz CT molecular complexity index is 1190. The molecule has 9 nitrogen and oxygen atoms in total. The fourth-order valence-electron chi connectivity index (χ4n) is 2.57. The molecule has 0 aliphatic heterocycles. The van der Waals surface area contributed by atoms with E-state index in [2.05, 4.69) is 5.32 Å². The molecule has 0 saturated heterocycles. The summed E-state index contributed by atoms with van der Waals surface area (Å²) in [6.45, 7) is 0. The fourth-order valence-corrected chi connectivity index (χ4v) is 3.26. The number of hydrogen-bond acceptors (Lipinski definition) is 6. The Morgan fingerprint density at radius 3 is 2.44 bits per heavy atom. The molecule has 10 heteroatoms. The lowest BCUT2D eigenvalue weighted by Gasteiger charge is -2.13. The number of hydrogen-bond donors (Lipinski definition) is 3. The van der Waals surface area contributed by atoms with Gasteiger partial charge in [-0.05, 0) is 17.5 Å². The highest BCUT2D eigenvalue weighted by Gasteiger charge is 2.24. The Balaban J connectivity index is 2.13. The molecule has 138 valence electrons. The van der Waals surface area contributed by atoms with Gasteiger partial charge in [0.2, 0.25) is 0 Å². The molecule has 0 heterocycles. The van der Waals surface area contributed by atoms with Crippen molar-refractivity contribution in [1.29, 1.82) is 0 Å². The molecule has 0 atom stereocenters. The molecule has 0 aliphatic rings. The summed E-state index contributed by atoms with van der Waals surface area (Å²) < 4.78 is 32.9. The molecule has 3 aromatic rings. The largest absolute Gasteiger partial charge is 0.505 e. The van der Waals surface area contributed by atoms with Crippen LogP contribution in [0.3, 0.4) is 0 Å². The number of non-ortho nitro benzene ring substituents is 1. The molecule has 0 saturated carbocycles. The zero-order chi connectivity index (χ0) is 19.8. The van der Waals surface area contributed by atoms with Crippen LogP contribution in [0.4, 0.5) is 11.4 Å². The maximum atomic E-state index is 12.4. The molecule has 0 fully saturated rings. The minimum Gasteiger partial charge on any atom is -0.505 e. The number of phenols is 1. The molecule has 0 unspecified atom stereocenters. The normalized spacial score (nSPS) is 11.3. The van der Waals surface area contributed by atoms with E-state index in [0.29, 0.717) is 5.39 Å². The standard InChI is InChI=1S/C17H12N2O7S/c20-16-13-7-2-1-4-10(13)9-14(27(24,25)26)15(16)18-17(21)11-5-3-6-12(8-11)19(22)23/h1-9,20H,(H,18,21)(H,24,25,26). The summed E-state index contributed by atoms with van der Waals surface area (Å²) in [5.41, 5.74) is -0.980. The summed E-state index contributed by atoms with van der Waals surface area (Å²) in [4.78, 5) is 21.9. The number of nitrogens with zero attached hydrogens (tertiary/aromatic N) is 1. The smallest absolute Gasteiger partial charge is 0.296 e. The number of nitro groups is 1. The summed E-state index contributed by atoms with van der Waals surface area (Å²) in [6.07, 6.45) is 0. The van der Waals surface area contributed by atoms with E-state index in [4.69, 9.17) is 0 Å². The van der Waals surface area contributed by atoms with Crippen molar-refractivity contribution in [3.8, 4) is 5.75 Å². The van der Waals surface area contributed by atoms with Crippen molar-refractivity contribution in [1.82, 2.24) is 0 Å². The van der Waals surface area contributed by atoms with E-state index in [1.807, 2.05) is 0 Å². The van der Waals surface area contributed by atoms with Crippen molar-refractivity contribution in [2.24, 2.45) is 0 Å². The van der Waals surface area contributed by atoms with Gasteiger partial charge in [0.1, 0.15) is 16.3 Å². The Kier molecular flexibility index (Phi) is 4.52. The van der Waals surface area contributed by atoms with Crippen LogP contribution in [0.1, 0.15) is 10.4 Å². The molecule has 3 rings (SSSR count). The molecule has 27 heavy (non-hydrogen) atoms. The van der Waals surface area contributed by atoms with Crippen LogP contribution < -0.4 is 5.32 Å². The summed E-state index contributed by atoms with van der Waals surface area (Å²) in [5, 5.41) is 24.1. The van der Waals surface area contributed by atoms with Crippen LogP contribution >= 0.6 is 0 Å². The van der Waals surface area contributed by atoms with Gasteiger partial charge >= 0.3 is 0 Å². The van der Waals surface area contributed by atoms with Crippen molar-refractivity contribution < 1.29 is 27.8 Å². The fraction of sp³-hybridized carbons (Fsp3) is 0. The quantitative estimate of drug-likeness (QED) is 0.269. The Labute approximate surface area is 152 Å². The third-order valence-corrected chi connectivity index (χ3v) is 4.70. The first-order valence-electron chi connectivity index (χ1n) is 7.46. The van der Waals surface area contributed by atoms with Crippen LogP contribution in [0.2, 0.25) is 0 Å². The number of aromatic hydroxyl groups is 1. The highest BCUT2D eigenvalue weighted by Crippen LogP contribution is 2.38. The summed E-state index contributed by atoms with van der Waals surface area (Å²) in [6, 6.07) is 12.1. The van der Waals surface area contributed by atoms with E-state index >= 15 is 0 Å². The van der Waals surface area contributed by atoms with E-state index in [-0.39, 0.29) is 16.6 Å². The molecule has 0 aliphatic carbocycles. The van der Waals surface area contributed by atoms with Crippen molar-refractivity contribution in [2.75, 3.05) is 5.32 Å². The number of benzene rings is 3. The number of amides is 1. The van der Waals surface area contributed by atoms with Crippen LogP contribution in [0.5, 0.6) is 5.75 Å². The maximum absolute atomic E-state index is 12.4. The number of carbonyl (C=O) groups excluding carboxylic acids is 1. The third-order valence-electron chi connectivity index (χ3n) is 3.82. The van der Waals surface area contributed by atoms with Crippen LogP contribution in [0, 0.1) is 10.1 Å². The summed E-state index contributed by atoms with van der Waals surface area (Å²) >= 11 is 0. The first kappa shape index (κ1) is 18.3. The van der Waals surface area contributed by atoms with Crippen molar-refractivity contribution in [3.63, 3.8) is 0 Å². The average molecular weight is 388 g/mol. The first-order chi connectivity index (χ1) is 12.7. The van der Waals surface area contributed by atoms with E-state index in [1.165, 1.54) is 30.3 Å². The van der Waals surface area contributed by atoms with Crippen molar-refractivity contribution in [2.45, 2.75) is 4.90 Å². The van der Waals surface area contributed by atoms with Gasteiger partial charge in [-0.1, -0.05) is 30.3 Å². The van der Waals surface area contributed by atoms with Gasteiger partial charge < -0.3 is 10.4 Å². The van der Waals surface area contributed by atoms with Gasteiger partial charge in [-0.3, -0.25) is 19.5 Å². The zero-order valence-electron chi connectivity index (χ0n) is 13.5. The highest BCUT2D eigenvalue weighted by molar-refractivity contribution is 7.86. The number of anilines is 1. The molecular formula is C17H12N2O7S. The van der Waals surface area contributed by atoms with Gasteiger partial charge in [0.15, 0.2) is 0 Å². The predicted molar refractivity (Wildman–Crippen MR) is 96.5 cm³/mol. The summed E-state index contributed by atoms with van der Waals surface area (Å²) in [7, 11) is -4.78. The maximum Gasteiger partial charge on any atom is 0.296 e. The van der Waals surface area contributed by atoms with Crippen molar-refractivity contribution >= 4 is 38.2 Å². The number of rotatable bonds is 4. The molecule has 0 aromatic heterocycles. The second-order valence-corrected chi connectivity index (χ2v) is 6.95. The molecule has 1 amide bonds. The first-order valence-corrected chi connectivity index (χ1v) is 8.90. The monoisotopic (exact) mass is 388 g/mol. The second kappa shape index (κ2) is 6.67. The topological polar surface area (TPSA) is 147 Å². The predicted octanol–water partition coefficient (Wildman–Crippen LogP) is 2.95. The number of phenolic OH excluding ortho intramolecular Hbond substituents is 1. The Morgan fingerprint density at radius 2 is 1.78 bits per heavy atom. The Morgan fingerprint density at radius 1 is 1.07 bits per heavy atom. The zero-order valence-corrected chi connectivity index (χ0v) is 14.3. The van der Waals surface area contributed by atoms with Crippen LogP contribution in [-0.4, -0.2) is 28.9 Å². The minimum atomic E-state index is -4.78. The second-order valence-electron chi connectivity index (χ2n) is 5.56. The van der Waals surface area contributed by atoms with Gasteiger partial charge in [0, 0.05) is 23.1 Å². The van der Waals surface area contributed by atoms with Gasteiger partial charge in [-0.2, -0.15) is 8.42 Å².